The molecule has 1 atom stereocenters. The van der Waals surface area contributed by atoms with Crippen LogP contribution in [0.1, 0.15) is 19.8 Å². The summed E-state index contributed by atoms with van der Waals surface area (Å²) >= 11 is 0. The van der Waals surface area contributed by atoms with Gasteiger partial charge in [0.25, 0.3) is 0 Å². The van der Waals surface area contributed by atoms with Gasteiger partial charge >= 0.3 is 0 Å². The fourth-order valence-electron chi connectivity index (χ4n) is 5.21. The molecule has 3 heterocycles. The first-order valence-electron chi connectivity index (χ1n) is 12.6. The fraction of sp³-hybridized carbons (Fsp3) is 0.370. The molecule has 3 aromatic rings. The molecule has 0 bridgehead atoms. The Labute approximate surface area is 217 Å². The Hall–Kier alpha value is -3.50. The molecule has 2 saturated heterocycles. The molecular weight excluding hydrogens is 490 g/mol. The van der Waals surface area contributed by atoms with Gasteiger partial charge in [0.2, 0.25) is 21.8 Å². The van der Waals surface area contributed by atoms with Crippen LogP contribution in [0.3, 0.4) is 0 Å². The predicted octanol–water partition coefficient (Wildman–Crippen LogP) is 2.94. The highest BCUT2D eigenvalue weighted by molar-refractivity contribution is 7.89. The van der Waals surface area contributed by atoms with Crippen molar-refractivity contribution in [3.8, 4) is 0 Å². The number of pyridine rings is 1. The number of hydrogen-bond donors (Lipinski definition) is 1. The summed E-state index contributed by atoms with van der Waals surface area (Å²) in [4.78, 5) is 33.4. The van der Waals surface area contributed by atoms with Crippen LogP contribution in [0.25, 0.3) is 10.9 Å². The van der Waals surface area contributed by atoms with E-state index < -0.39 is 10.0 Å². The maximum Gasteiger partial charge on any atom is 0.243 e. The zero-order valence-corrected chi connectivity index (χ0v) is 21.7. The molecule has 2 aromatic carbocycles. The highest BCUT2D eigenvalue weighted by atomic mass is 32.2. The van der Waals surface area contributed by atoms with Gasteiger partial charge in [-0.15, -0.1) is 0 Å². The minimum atomic E-state index is -3.73. The first-order chi connectivity index (χ1) is 17.8. The fourth-order valence-corrected chi connectivity index (χ4v) is 6.73. The van der Waals surface area contributed by atoms with Gasteiger partial charge in [-0.25, -0.2) is 8.42 Å². The number of fused-ring (bicyclic) bond motifs is 1. The van der Waals surface area contributed by atoms with Gasteiger partial charge in [-0.3, -0.25) is 14.6 Å². The lowest BCUT2D eigenvalue weighted by atomic mass is 9.97. The van der Waals surface area contributed by atoms with Crippen molar-refractivity contribution >= 4 is 44.1 Å². The Morgan fingerprint density at radius 2 is 1.68 bits per heavy atom. The molecule has 0 aliphatic carbocycles. The molecule has 194 valence electrons. The number of nitrogens with zero attached hydrogens (tertiary/aromatic N) is 4. The molecule has 1 unspecified atom stereocenters. The quantitative estimate of drug-likeness (QED) is 0.554. The second-order valence-corrected chi connectivity index (χ2v) is 11.5. The number of amides is 2. The first-order valence-corrected chi connectivity index (χ1v) is 14.0. The lowest BCUT2D eigenvalue weighted by Crippen LogP contribution is -2.53. The Kier molecular flexibility index (Phi) is 7.12. The number of piperazine rings is 1. The highest BCUT2D eigenvalue weighted by Crippen LogP contribution is 2.28. The molecule has 2 fully saturated rings. The average molecular weight is 522 g/mol. The molecule has 9 nitrogen and oxygen atoms in total. The van der Waals surface area contributed by atoms with Crippen LogP contribution >= 0.6 is 0 Å². The number of carbonyl (C=O) groups excluding carboxylic acids is 2. The molecular formula is C27H31N5O4S. The Bertz CT molecular complexity index is 1400. The van der Waals surface area contributed by atoms with Crippen molar-refractivity contribution in [2.75, 3.05) is 49.5 Å². The number of nitrogens with one attached hydrogen (secondary N) is 1. The van der Waals surface area contributed by atoms with E-state index in [9.17, 15) is 18.0 Å². The van der Waals surface area contributed by atoms with Gasteiger partial charge in [-0.2, -0.15) is 4.31 Å². The third-order valence-corrected chi connectivity index (χ3v) is 8.98. The standard InChI is InChI=1S/C27H31N5O4S/c1-20(33)29-22-8-10-23(11-9-22)37(35,36)32-14-4-5-21(19-32)27(34)31-17-15-30(16-18-31)26-12-13-28-25-7-3-2-6-24(25)26/h2-3,6-13,21H,4-5,14-19H2,1H3,(H,29,33). The Morgan fingerprint density at radius 1 is 0.946 bits per heavy atom. The molecule has 10 heteroatoms. The van der Waals surface area contributed by atoms with E-state index in [0.29, 0.717) is 38.2 Å². The largest absolute Gasteiger partial charge is 0.367 e. The van der Waals surface area contributed by atoms with Gasteiger partial charge in [-0.1, -0.05) is 18.2 Å². The van der Waals surface area contributed by atoms with Gasteiger partial charge in [0.15, 0.2) is 0 Å². The van der Waals surface area contributed by atoms with E-state index in [1.54, 1.807) is 12.1 Å². The topological polar surface area (TPSA) is 103 Å². The second-order valence-electron chi connectivity index (χ2n) is 9.57. The summed E-state index contributed by atoms with van der Waals surface area (Å²) in [6.07, 6.45) is 3.14. The van der Waals surface area contributed by atoms with E-state index in [4.69, 9.17) is 0 Å². The molecule has 0 saturated carbocycles. The average Bonchev–Trinajstić information content (AvgIpc) is 2.92. The zero-order chi connectivity index (χ0) is 26.0. The molecule has 2 amide bonds. The molecule has 1 aromatic heterocycles. The number of para-hydroxylation sites is 1. The number of aromatic nitrogens is 1. The molecule has 2 aliphatic rings. The zero-order valence-electron chi connectivity index (χ0n) is 20.8. The minimum absolute atomic E-state index is 0.0279. The number of rotatable bonds is 5. The summed E-state index contributed by atoms with van der Waals surface area (Å²) in [6.45, 7) is 4.61. The van der Waals surface area contributed by atoms with Crippen LogP contribution in [0.4, 0.5) is 11.4 Å². The minimum Gasteiger partial charge on any atom is -0.367 e. The van der Waals surface area contributed by atoms with E-state index in [0.717, 1.165) is 29.7 Å². The molecule has 0 spiro atoms. The van der Waals surface area contributed by atoms with Crippen molar-refractivity contribution < 1.29 is 18.0 Å². The van der Waals surface area contributed by atoms with E-state index >= 15 is 0 Å². The summed E-state index contributed by atoms with van der Waals surface area (Å²) in [5.74, 6) is -0.543. The Balaban J connectivity index is 1.22. The number of sulfonamides is 1. The SMILES string of the molecule is CC(=O)Nc1ccc(S(=O)(=O)N2CCCC(C(=O)N3CCN(c4ccnc5ccccc45)CC3)C2)cc1. The maximum atomic E-state index is 13.4. The maximum absolute atomic E-state index is 13.4. The summed E-state index contributed by atoms with van der Waals surface area (Å²) in [7, 11) is -3.73. The molecule has 37 heavy (non-hydrogen) atoms. The van der Waals surface area contributed by atoms with Crippen molar-refractivity contribution in [2.45, 2.75) is 24.7 Å². The summed E-state index contributed by atoms with van der Waals surface area (Å²) in [5, 5.41) is 3.74. The van der Waals surface area contributed by atoms with Crippen LogP contribution in [0.2, 0.25) is 0 Å². The third kappa shape index (κ3) is 5.30. The normalized spacial score (nSPS) is 19.1. The van der Waals surface area contributed by atoms with E-state index in [1.165, 1.54) is 23.4 Å². The summed E-state index contributed by atoms with van der Waals surface area (Å²) in [6, 6.07) is 16.2. The van der Waals surface area contributed by atoms with Gasteiger partial charge < -0.3 is 15.1 Å². The number of piperidine rings is 1. The second kappa shape index (κ2) is 10.5. The highest BCUT2D eigenvalue weighted by Gasteiger charge is 2.36. The third-order valence-electron chi connectivity index (χ3n) is 7.10. The van der Waals surface area contributed by atoms with Gasteiger partial charge in [-0.05, 0) is 49.2 Å². The molecule has 0 radical (unpaired) electrons. The number of hydrogen-bond acceptors (Lipinski definition) is 6. The number of anilines is 2. The number of benzene rings is 2. The van der Waals surface area contributed by atoms with Gasteiger partial charge in [0.1, 0.15) is 0 Å². The smallest absolute Gasteiger partial charge is 0.243 e. The van der Waals surface area contributed by atoms with Crippen LogP contribution in [0.15, 0.2) is 65.7 Å². The van der Waals surface area contributed by atoms with Gasteiger partial charge in [0.05, 0.1) is 16.3 Å². The van der Waals surface area contributed by atoms with Crippen molar-refractivity contribution in [2.24, 2.45) is 5.92 Å². The lowest BCUT2D eigenvalue weighted by molar-refractivity contribution is -0.137. The van der Waals surface area contributed by atoms with Crippen molar-refractivity contribution in [1.82, 2.24) is 14.2 Å². The monoisotopic (exact) mass is 521 g/mol. The first kappa shape index (κ1) is 25.2. The number of carbonyl (C=O) groups is 2. The van der Waals surface area contributed by atoms with Crippen molar-refractivity contribution in [1.29, 1.82) is 0 Å². The van der Waals surface area contributed by atoms with Gasteiger partial charge in [0, 0.05) is 69.2 Å². The van der Waals surface area contributed by atoms with E-state index in [-0.39, 0.29) is 29.2 Å². The van der Waals surface area contributed by atoms with Crippen LogP contribution in [-0.4, -0.2) is 73.7 Å². The van der Waals surface area contributed by atoms with E-state index in [1.807, 2.05) is 35.4 Å². The summed E-state index contributed by atoms with van der Waals surface area (Å²) < 4.78 is 28.0. The molecule has 2 aliphatic heterocycles. The Morgan fingerprint density at radius 3 is 2.41 bits per heavy atom. The molecule has 5 rings (SSSR count). The van der Waals surface area contributed by atoms with Crippen LogP contribution in [0.5, 0.6) is 0 Å². The summed E-state index contributed by atoms with van der Waals surface area (Å²) in [5.41, 5.74) is 2.61. The lowest BCUT2D eigenvalue weighted by Gasteiger charge is -2.39. The van der Waals surface area contributed by atoms with Crippen molar-refractivity contribution in [3.05, 3.63) is 60.8 Å². The predicted molar refractivity (Wildman–Crippen MR) is 143 cm³/mol. The van der Waals surface area contributed by atoms with Crippen LogP contribution in [0, 0.1) is 5.92 Å². The van der Waals surface area contributed by atoms with Crippen LogP contribution in [-0.2, 0) is 19.6 Å². The van der Waals surface area contributed by atoms with Crippen LogP contribution < -0.4 is 10.2 Å². The van der Waals surface area contributed by atoms with E-state index in [2.05, 4.69) is 21.3 Å². The molecule has 1 N–H and O–H groups in total. The van der Waals surface area contributed by atoms with Crippen molar-refractivity contribution in [3.63, 3.8) is 0 Å².